The Labute approximate surface area is 262 Å². The van der Waals surface area contributed by atoms with Crippen LogP contribution in [-0.2, 0) is 20.9 Å². The molecule has 0 unspecified atom stereocenters. The Morgan fingerprint density at radius 1 is 0.778 bits per heavy atom. The molecule has 0 radical (unpaired) electrons. The second-order valence-electron chi connectivity index (χ2n) is 10.3. The van der Waals surface area contributed by atoms with Crippen molar-refractivity contribution in [3.05, 3.63) is 102 Å². The monoisotopic (exact) mass is 615 g/mol. The van der Waals surface area contributed by atoms with E-state index in [4.69, 9.17) is 5.73 Å². The highest BCUT2D eigenvalue weighted by Gasteiger charge is 2.27. The summed E-state index contributed by atoms with van der Waals surface area (Å²) < 4.78 is 0. The maximum Gasteiger partial charge on any atom is 0.321 e. The molecule has 0 aliphatic carbocycles. The Morgan fingerprint density at radius 2 is 1.38 bits per heavy atom. The standard InChI is InChI=1S/C33H41N7O5/c1-23(41)35-20-9-21-37-33(45)40-32(34)36-19-8-14-28(30(43)38-22-24-15-17-27(42)18-16-24)39-31(44)29(25-10-4-2-5-11-25)26-12-6-3-7-13-26/h2-7,10-13,15-18,28-29,42H,8-9,14,19-22H2,1H3,(H,35,41)(H,38,43)(H,39,44)(H4,34,36,37,40,45)/t28-/m1/s1. The first-order chi connectivity index (χ1) is 21.7. The molecule has 1 atom stereocenters. The van der Waals surface area contributed by atoms with Gasteiger partial charge in [0.05, 0.1) is 5.92 Å². The Bertz CT molecular complexity index is 1380. The molecule has 0 spiro atoms. The van der Waals surface area contributed by atoms with Gasteiger partial charge >= 0.3 is 6.03 Å². The van der Waals surface area contributed by atoms with Gasteiger partial charge in [0.15, 0.2) is 5.96 Å². The maximum absolute atomic E-state index is 13.8. The summed E-state index contributed by atoms with van der Waals surface area (Å²) in [4.78, 5) is 54.2. The fourth-order valence-corrected chi connectivity index (χ4v) is 4.49. The minimum Gasteiger partial charge on any atom is -0.508 e. The predicted molar refractivity (Wildman–Crippen MR) is 172 cm³/mol. The topological polar surface area (TPSA) is 187 Å². The zero-order valence-electron chi connectivity index (χ0n) is 25.3. The van der Waals surface area contributed by atoms with Crippen molar-refractivity contribution >= 4 is 29.7 Å². The minimum atomic E-state index is -0.874. The fraction of sp³-hybridized carbons (Fsp3) is 0.303. The molecule has 5 amide bonds. The average Bonchev–Trinajstić information content (AvgIpc) is 3.03. The number of aromatic hydroxyl groups is 1. The smallest absolute Gasteiger partial charge is 0.321 e. The molecule has 3 rings (SSSR count). The summed E-state index contributed by atoms with van der Waals surface area (Å²) in [6.07, 6.45) is 1.20. The zero-order chi connectivity index (χ0) is 32.4. The van der Waals surface area contributed by atoms with E-state index < -0.39 is 18.0 Å². The largest absolute Gasteiger partial charge is 0.508 e. The van der Waals surface area contributed by atoms with E-state index in [0.29, 0.717) is 25.9 Å². The number of nitrogens with zero attached hydrogens (tertiary/aromatic N) is 1. The van der Waals surface area contributed by atoms with Crippen LogP contribution in [0.15, 0.2) is 89.9 Å². The van der Waals surface area contributed by atoms with Gasteiger partial charge in [0.25, 0.3) is 0 Å². The Morgan fingerprint density at radius 3 is 1.98 bits per heavy atom. The molecule has 0 heterocycles. The number of carbonyl (C=O) groups is 4. The molecule has 3 aromatic rings. The van der Waals surface area contributed by atoms with Crippen molar-refractivity contribution < 1.29 is 24.3 Å². The molecule has 0 fully saturated rings. The molecule has 8 N–H and O–H groups in total. The Kier molecular flexibility index (Phi) is 13.9. The van der Waals surface area contributed by atoms with Crippen LogP contribution in [0.25, 0.3) is 0 Å². The van der Waals surface area contributed by atoms with E-state index in [0.717, 1.165) is 16.7 Å². The van der Waals surface area contributed by atoms with Crippen molar-refractivity contribution in [3.8, 4) is 5.75 Å². The van der Waals surface area contributed by atoms with Gasteiger partial charge in [-0.25, -0.2) is 4.79 Å². The third-order valence-corrected chi connectivity index (χ3v) is 6.75. The normalized spacial score (nSPS) is 11.7. The van der Waals surface area contributed by atoms with Crippen molar-refractivity contribution in [2.75, 3.05) is 19.6 Å². The van der Waals surface area contributed by atoms with Crippen molar-refractivity contribution in [2.45, 2.75) is 44.7 Å². The van der Waals surface area contributed by atoms with Crippen LogP contribution in [0.3, 0.4) is 0 Å². The number of rotatable bonds is 15. The van der Waals surface area contributed by atoms with E-state index >= 15 is 0 Å². The molecule has 12 heteroatoms. The quantitative estimate of drug-likeness (QED) is 0.0780. The van der Waals surface area contributed by atoms with E-state index in [-0.39, 0.29) is 48.9 Å². The average molecular weight is 616 g/mol. The van der Waals surface area contributed by atoms with Crippen LogP contribution >= 0.6 is 0 Å². The van der Waals surface area contributed by atoms with Crippen LogP contribution < -0.4 is 32.3 Å². The van der Waals surface area contributed by atoms with Gasteiger partial charge in [-0.2, -0.15) is 0 Å². The SMILES string of the molecule is CC(=O)NCCCNC(=O)NC(N)=NCCC[C@@H](NC(=O)C(c1ccccc1)c1ccccc1)C(=O)NCc1ccc(O)cc1. The summed E-state index contributed by atoms with van der Waals surface area (Å²) >= 11 is 0. The number of aliphatic imine (C=N–C) groups is 1. The number of phenols is 1. The van der Waals surface area contributed by atoms with Gasteiger partial charge in [0.2, 0.25) is 17.7 Å². The van der Waals surface area contributed by atoms with Gasteiger partial charge in [-0.3, -0.25) is 24.7 Å². The Hall–Kier alpha value is -5.39. The lowest BCUT2D eigenvalue weighted by molar-refractivity contribution is -0.129. The molecule has 45 heavy (non-hydrogen) atoms. The van der Waals surface area contributed by atoms with Gasteiger partial charge in [0, 0.05) is 33.1 Å². The number of hydrogen-bond donors (Lipinski definition) is 7. The minimum absolute atomic E-state index is 0.0834. The van der Waals surface area contributed by atoms with Crippen LogP contribution in [0.1, 0.15) is 48.8 Å². The van der Waals surface area contributed by atoms with Gasteiger partial charge in [-0.15, -0.1) is 0 Å². The number of benzene rings is 3. The van der Waals surface area contributed by atoms with Crippen molar-refractivity contribution in [2.24, 2.45) is 10.7 Å². The third-order valence-electron chi connectivity index (χ3n) is 6.75. The summed E-state index contributed by atoms with van der Waals surface area (Å²) in [6.45, 7) is 2.61. The molecular weight excluding hydrogens is 574 g/mol. The lowest BCUT2D eigenvalue weighted by Gasteiger charge is -2.23. The molecule has 3 aromatic carbocycles. The fourth-order valence-electron chi connectivity index (χ4n) is 4.49. The second-order valence-corrected chi connectivity index (χ2v) is 10.3. The molecule has 0 aliphatic rings. The van der Waals surface area contributed by atoms with E-state index in [9.17, 15) is 24.3 Å². The number of amides is 5. The number of carbonyl (C=O) groups excluding carboxylic acids is 4. The van der Waals surface area contributed by atoms with Gasteiger partial charge in [0.1, 0.15) is 11.8 Å². The molecule has 238 valence electrons. The molecule has 0 aromatic heterocycles. The van der Waals surface area contributed by atoms with Crippen molar-refractivity contribution in [3.63, 3.8) is 0 Å². The highest BCUT2D eigenvalue weighted by Crippen LogP contribution is 2.25. The number of urea groups is 1. The molecule has 0 bridgehead atoms. The van der Waals surface area contributed by atoms with Gasteiger partial charge in [-0.05, 0) is 48.1 Å². The van der Waals surface area contributed by atoms with Crippen LogP contribution in [-0.4, -0.2) is 60.5 Å². The van der Waals surface area contributed by atoms with Crippen LogP contribution in [0, 0.1) is 0 Å². The first-order valence-electron chi connectivity index (χ1n) is 14.8. The number of hydrogen-bond acceptors (Lipinski definition) is 6. The van der Waals surface area contributed by atoms with Gasteiger partial charge in [-0.1, -0.05) is 72.8 Å². The van der Waals surface area contributed by atoms with E-state index in [1.165, 1.54) is 19.1 Å². The molecule has 0 aliphatic heterocycles. The van der Waals surface area contributed by atoms with Crippen LogP contribution in [0.2, 0.25) is 0 Å². The summed E-state index contributed by atoms with van der Waals surface area (Å²) in [6, 6.07) is 23.8. The first-order valence-corrected chi connectivity index (χ1v) is 14.8. The molecule has 12 nitrogen and oxygen atoms in total. The molecule has 0 saturated carbocycles. The number of phenolic OH excluding ortho intramolecular Hbond substituents is 1. The molecule has 0 saturated heterocycles. The summed E-state index contributed by atoms with van der Waals surface area (Å²) in [7, 11) is 0. The van der Waals surface area contributed by atoms with E-state index in [1.54, 1.807) is 12.1 Å². The predicted octanol–water partition coefficient (Wildman–Crippen LogP) is 2.25. The summed E-state index contributed by atoms with van der Waals surface area (Å²) in [5, 5.41) is 23.1. The summed E-state index contributed by atoms with van der Waals surface area (Å²) in [5.41, 5.74) is 8.22. The van der Waals surface area contributed by atoms with Crippen molar-refractivity contribution in [1.29, 1.82) is 0 Å². The van der Waals surface area contributed by atoms with E-state index in [1.807, 2.05) is 60.7 Å². The lowest BCUT2D eigenvalue weighted by Crippen LogP contribution is -2.48. The number of nitrogens with two attached hydrogens (primary N) is 1. The number of guanidine groups is 1. The van der Waals surface area contributed by atoms with E-state index in [2.05, 4.69) is 31.6 Å². The Balaban J connectivity index is 1.63. The maximum atomic E-state index is 13.8. The van der Waals surface area contributed by atoms with Gasteiger partial charge < -0.3 is 32.1 Å². The van der Waals surface area contributed by atoms with Crippen LogP contribution in [0.5, 0.6) is 5.75 Å². The zero-order valence-corrected chi connectivity index (χ0v) is 25.3. The first kappa shape index (κ1) is 34.1. The lowest BCUT2D eigenvalue weighted by atomic mass is 9.90. The highest BCUT2D eigenvalue weighted by atomic mass is 16.3. The number of nitrogens with one attached hydrogen (secondary N) is 5. The highest BCUT2D eigenvalue weighted by molar-refractivity contribution is 5.95. The van der Waals surface area contributed by atoms with Crippen LogP contribution in [0.4, 0.5) is 4.79 Å². The second kappa shape index (κ2) is 18.3. The third kappa shape index (κ3) is 12.4. The molecular formula is C33H41N7O5. The van der Waals surface area contributed by atoms with Crippen molar-refractivity contribution in [1.82, 2.24) is 26.6 Å². The summed E-state index contributed by atoms with van der Waals surface area (Å²) in [5.74, 6) is -1.42.